The fourth-order valence-electron chi connectivity index (χ4n) is 3.89. The molecule has 0 amide bonds. The largest absolute Gasteiger partial charge is 0.385 e. The molecule has 1 saturated carbocycles. The molecule has 0 saturated heterocycles. The molecule has 146 valence electrons. The Labute approximate surface area is 166 Å². The highest BCUT2D eigenvalue weighted by Crippen LogP contribution is 2.31. The Morgan fingerprint density at radius 3 is 2.61 bits per heavy atom. The van der Waals surface area contributed by atoms with Gasteiger partial charge in [-0.3, -0.25) is 9.67 Å². The second-order valence-electron chi connectivity index (χ2n) is 7.47. The van der Waals surface area contributed by atoms with E-state index in [9.17, 15) is 0 Å². The van der Waals surface area contributed by atoms with Crippen LogP contribution in [0.4, 0.5) is 11.4 Å². The third-order valence-corrected chi connectivity index (χ3v) is 5.45. The van der Waals surface area contributed by atoms with Gasteiger partial charge in [-0.1, -0.05) is 19.3 Å². The van der Waals surface area contributed by atoms with Crippen molar-refractivity contribution in [2.24, 2.45) is 5.92 Å². The Kier molecular flexibility index (Phi) is 6.17. The molecule has 6 heteroatoms. The van der Waals surface area contributed by atoms with Crippen molar-refractivity contribution in [1.82, 2.24) is 19.7 Å². The Morgan fingerprint density at radius 1 is 0.964 bits per heavy atom. The quantitative estimate of drug-likeness (QED) is 0.608. The van der Waals surface area contributed by atoms with Crippen LogP contribution < -0.4 is 10.6 Å². The number of hydrogen-bond acceptors (Lipinski definition) is 5. The summed E-state index contributed by atoms with van der Waals surface area (Å²) in [5, 5.41) is 11.4. The number of anilines is 2. The van der Waals surface area contributed by atoms with Crippen molar-refractivity contribution in [2.45, 2.75) is 38.6 Å². The summed E-state index contributed by atoms with van der Waals surface area (Å²) in [7, 11) is 0. The molecule has 28 heavy (non-hydrogen) atoms. The van der Waals surface area contributed by atoms with Gasteiger partial charge in [-0.15, -0.1) is 0 Å². The lowest BCUT2D eigenvalue weighted by Gasteiger charge is -2.23. The van der Waals surface area contributed by atoms with E-state index in [1.54, 1.807) is 12.7 Å². The second kappa shape index (κ2) is 9.35. The van der Waals surface area contributed by atoms with E-state index in [1.165, 1.54) is 48.9 Å². The molecule has 0 atom stereocenters. The first-order valence-electron chi connectivity index (χ1n) is 10.2. The van der Waals surface area contributed by atoms with Gasteiger partial charge in [-0.05, 0) is 54.7 Å². The summed E-state index contributed by atoms with van der Waals surface area (Å²) in [6, 6.07) is 10.7. The molecule has 0 aliphatic heterocycles. The minimum atomic E-state index is 0.775. The average Bonchev–Trinajstić information content (AvgIpc) is 3.28. The van der Waals surface area contributed by atoms with Gasteiger partial charge >= 0.3 is 0 Å². The molecular weight excluding hydrogens is 348 g/mol. The molecule has 1 aromatic carbocycles. The van der Waals surface area contributed by atoms with E-state index in [0.717, 1.165) is 31.2 Å². The smallest absolute Gasteiger partial charge is 0.137 e. The fourth-order valence-corrected chi connectivity index (χ4v) is 3.89. The Morgan fingerprint density at radius 2 is 1.82 bits per heavy atom. The van der Waals surface area contributed by atoms with Crippen LogP contribution in [0.3, 0.4) is 0 Å². The zero-order valence-electron chi connectivity index (χ0n) is 16.2. The first-order chi connectivity index (χ1) is 13.9. The van der Waals surface area contributed by atoms with E-state index < -0.39 is 0 Å². The Balaban J connectivity index is 1.46. The van der Waals surface area contributed by atoms with E-state index in [-0.39, 0.29) is 0 Å². The molecule has 3 aromatic rings. The molecule has 0 bridgehead atoms. The van der Waals surface area contributed by atoms with Gasteiger partial charge in [0.05, 0.1) is 6.54 Å². The molecule has 0 spiro atoms. The molecular formula is C22H28N6. The van der Waals surface area contributed by atoms with Crippen molar-refractivity contribution in [2.75, 3.05) is 23.7 Å². The monoisotopic (exact) mass is 376 g/mol. The van der Waals surface area contributed by atoms with Gasteiger partial charge in [0, 0.05) is 42.4 Å². The van der Waals surface area contributed by atoms with Gasteiger partial charge in [0.2, 0.25) is 0 Å². The van der Waals surface area contributed by atoms with Gasteiger partial charge in [0.15, 0.2) is 0 Å². The number of benzene rings is 1. The van der Waals surface area contributed by atoms with Crippen molar-refractivity contribution in [3.05, 3.63) is 55.4 Å². The van der Waals surface area contributed by atoms with E-state index in [1.807, 2.05) is 17.1 Å². The first kappa shape index (κ1) is 18.5. The molecule has 0 unspecified atom stereocenters. The van der Waals surface area contributed by atoms with Crippen molar-refractivity contribution in [3.8, 4) is 11.1 Å². The Bertz CT molecular complexity index is 841. The van der Waals surface area contributed by atoms with Crippen LogP contribution in [0, 0.1) is 5.92 Å². The van der Waals surface area contributed by atoms with Crippen LogP contribution in [0.25, 0.3) is 11.1 Å². The van der Waals surface area contributed by atoms with E-state index in [2.05, 4.69) is 56.0 Å². The van der Waals surface area contributed by atoms with E-state index in [4.69, 9.17) is 0 Å². The standard InChI is InChI=1S/C22H28N6/c1-2-4-18(5-3-1)15-26-20-6-7-22(25-12-13-28-17-24-16-27-28)21(14-20)19-8-10-23-11-9-19/h6-11,14,16-18,25-26H,1-5,12-13,15H2. The highest BCUT2D eigenvalue weighted by atomic mass is 15.3. The lowest BCUT2D eigenvalue weighted by molar-refractivity contribution is 0.373. The van der Waals surface area contributed by atoms with Gasteiger partial charge in [0.1, 0.15) is 12.7 Å². The zero-order valence-corrected chi connectivity index (χ0v) is 16.2. The number of rotatable bonds is 8. The van der Waals surface area contributed by atoms with Crippen LogP contribution >= 0.6 is 0 Å². The minimum absolute atomic E-state index is 0.775. The van der Waals surface area contributed by atoms with Crippen LogP contribution in [0.2, 0.25) is 0 Å². The van der Waals surface area contributed by atoms with Crippen LogP contribution in [0.15, 0.2) is 55.4 Å². The summed E-state index contributed by atoms with van der Waals surface area (Å²) >= 11 is 0. The van der Waals surface area contributed by atoms with Crippen molar-refractivity contribution < 1.29 is 0 Å². The molecule has 2 aromatic heterocycles. The van der Waals surface area contributed by atoms with Gasteiger partial charge in [-0.25, -0.2) is 4.98 Å². The van der Waals surface area contributed by atoms with Crippen LogP contribution in [0.1, 0.15) is 32.1 Å². The van der Waals surface area contributed by atoms with Gasteiger partial charge in [0.25, 0.3) is 0 Å². The summed E-state index contributed by atoms with van der Waals surface area (Å²) < 4.78 is 1.83. The SMILES string of the molecule is c1cc(-c2cc(NCC3CCCCC3)ccc2NCCn2cncn2)ccn1. The van der Waals surface area contributed by atoms with Crippen LogP contribution in [0.5, 0.6) is 0 Å². The number of nitrogens with one attached hydrogen (secondary N) is 2. The lowest BCUT2D eigenvalue weighted by atomic mass is 9.89. The lowest BCUT2D eigenvalue weighted by Crippen LogP contribution is -2.17. The van der Waals surface area contributed by atoms with E-state index in [0.29, 0.717) is 0 Å². The van der Waals surface area contributed by atoms with Crippen molar-refractivity contribution in [1.29, 1.82) is 0 Å². The number of pyridine rings is 1. The molecule has 1 aliphatic rings. The fraction of sp³-hybridized carbons (Fsp3) is 0.409. The summed E-state index contributed by atoms with van der Waals surface area (Å²) in [4.78, 5) is 8.15. The third kappa shape index (κ3) is 4.88. The number of hydrogen-bond donors (Lipinski definition) is 2. The highest BCUT2D eigenvalue weighted by molar-refractivity contribution is 5.80. The maximum Gasteiger partial charge on any atom is 0.137 e. The predicted octanol–water partition coefficient (Wildman–Crippen LogP) is 4.44. The average molecular weight is 377 g/mol. The van der Waals surface area contributed by atoms with E-state index >= 15 is 0 Å². The van der Waals surface area contributed by atoms with Gasteiger partial charge < -0.3 is 10.6 Å². The first-order valence-corrected chi connectivity index (χ1v) is 10.2. The highest BCUT2D eigenvalue weighted by Gasteiger charge is 2.13. The molecule has 1 aliphatic carbocycles. The second-order valence-corrected chi connectivity index (χ2v) is 7.47. The van der Waals surface area contributed by atoms with Crippen molar-refractivity contribution >= 4 is 11.4 Å². The topological polar surface area (TPSA) is 67.7 Å². The Hall–Kier alpha value is -2.89. The summed E-state index contributed by atoms with van der Waals surface area (Å²) in [6.45, 7) is 2.63. The minimum Gasteiger partial charge on any atom is -0.385 e. The molecule has 1 fully saturated rings. The zero-order chi connectivity index (χ0) is 19.0. The summed E-state index contributed by atoms with van der Waals surface area (Å²) in [5.41, 5.74) is 4.66. The number of aromatic nitrogens is 4. The molecule has 0 radical (unpaired) electrons. The molecule has 4 rings (SSSR count). The number of nitrogens with zero attached hydrogens (tertiary/aromatic N) is 4. The normalized spacial score (nSPS) is 14.7. The molecule has 2 heterocycles. The predicted molar refractivity (Wildman–Crippen MR) is 113 cm³/mol. The van der Waals surface area contributed by atoms with Gasteiger partial charge in [-0.2, -0.15) is 5.10 Å². The van der Waals surface area contributed by atoms with Crippen LogP contribution in [-0.4, -0.2) is 32.8 Å². The summed E-state index contributed by atoms with van der Waals surface area (Å²) in [5.74, 6) is 0.804. The maximum absolute atomic E-state index is 4.16. The summed E-state index contributed by atoms with van der Waals surface area (Å²) in [6.07, 6.45) is 13.9. The maximum atomic E-state index is 4.16. The van der Waals surface area contributed by atoms with Crippen LogP contribution in [-0.2, 0) is 6.54 Å². The third-order valence-electron chi connectivity index (χ3n) is 5.45. The molecule has 2 N–H and O–H groups in total. The molecule has 6 nitrogen and oxygen atoms in total. The van der Waals surface area contributed by atoms with Crippen molar-refractivity contribution in [3.63, 3.8) is 0 Å².